The molecular formula is C31H61N3O6. The minimum atomic E-state index is -1.74. The van der Waals surface area contributed by atoms with Crippen LogP contribution < -0.4 is 5.32 Å². The lowest BCUT2D eigenvalue weighted by Gasteiger charge is -2.49. The van der Waals surface area contributed by atoms with Crippen molar-refractivity contribution in [2.24, 2.45) is 23.7 Å². The maximum absolute atomic E-state index is 13.6. The first kappa shape index (κ1) is 36.9. The Morgan fingerprint density at radius 1 is 1.05 bits per heavy atom. The summed E-state index contributed by atoms with van der Waals surface area (Å²) in [5, 5.41) is 26.6. The first-order valence-corrected chi connectivity index (χ1v) is 15.2. The third-order valence-corrected chi connectivity index (χ3v) is 9.72. The highest BCUT2D eigenvalue weighted by molar-refractivity contribution is 5.99. The molecule has 1 heterocycles. The SMILES string of the molecule is CC[C@H]1OC(=O)[C@H](C)C(=O)[C@H](C)[C@@H](C)[C@](C)(OCCNCCCN(C)C)C[C@@H](C)CN(C)[C@H](C)C(C)(O)[C@]1(C)O. The number of carbonyl (C=O) groups is 2. The second-order valence-electron chi connectivity index (χ2n) is 13.3. The van der Waals surface area contributed by atoms with Gasteiger partial charge in [-0.1, -0.05) is 27.7 Å². The van der Waals surface area contributed by atoms with Gasteiger partial charge in [0.25, 0.3) is 0 Å². The molecule has 40 heavy (non-hydrogen) atoms. The van der Waals surface area contributed by atoms with E-state index in [4.69, 9.17) is 9.47 Å². The quantitative estimate of drug-likeness (QED) is 0.218. The Morgan fingerprint density at radius 2 is 1.65 bits per heavy atom. The summed E-state index contributed by atoms with van der Waals surface area (Å²) in [4.78, 5) is 31.0. The topological polar surface area (TPSA) is 112 Å². The van der Waals surface area contributed by atoms with Crippen LogP contribution >= 0.6 is 0 Å². The molecule has 236 valence electrons. The van der Waals surface area contributed by atoms with E-state index >= 15 is 0 Å². The second-order valence-corrected chi connectivity index (χ2v) is 13.3. The van der Waals surface area contributed by atoms with Gasteiger partial charge in [0.15, 0.2) is 0 Å². The van der Waals surface area contributed by atoms with Gasteiger partial charge in [0.05, 0.1) is 12.2 Å². The molecule has 1 fully saturated rings. The smallest absolute Gasteiger partial charge is 0.316 e. The van der Waals surface area contributed by atoms with Crippen molar-refractivity contribution in [1.82, 2.24) is 15.1 Å². The normalized spacial score (nSPS) is 39.6. The van der Waals surface area contributed by atoms with E-state index in [0.717, 1.165) is 19.5 Å². The highest BCUT2D eigenvalue weighted by Gasteiger charge is 2.53. The van der Waals surface area contributed by atoms with Crippen LogP contribution in [0.4, 0.5) is 0 Å². The van der Waals surface area contributed by atoms with E-state index in [1.807, 2.05) is 32.7 Å². The second kappa shape index (κ2) is 15.4. The Morgan fingerprint density at radius 3 is 2.20 bits per heavy atom. The number of ether oxygens (including phenoxy) is 2. The number of esters is 1. The molecule has 0 saturated carbocycles. The van der Waals surface area contributed by atoms with Gasteiger partial charge in [-0.15, -0.1) is 0 Å². The molecule has 9 nitrogen and oxygen atoms in total. The van der Waals surface area contributed by atoms with Crippen LogP contribution in [0.2, 0.25) is 0 Å². The van der Waals surface area contributed by atoms with Gasteiger partial charge < -0.3 is 34.8 Å². The van der Waals surface area contributed by atoms with Crippen LogP contribution in [0.3, 0.4) is 0 Å². The van der Waals surface area contributed by atoms with Gasteiger partial charge in [-0.25, -0.2) is 0 Å². The maximum Gasteiger partial charge on any atom is 0.316 e. The lowest BCUT2D eigenvalue weighted by atomic mass is 9.73. The monoisotopic (exact) mass is 571 g/mol. The molecule has 0 aromatic rings. The van der Waals surface area contributed by atoms with Gasteiger partial charge in [0, 0.05) is 25.0 Å². The standard InChI is InChI=1S/C31H61N3O6/c1-13-26-31(9,38)30(8,37)25(6)34(12)20-21(2)19-29(7,39-18-16-32-15-14-17-33(10)11)24(5)22(3)27(35)23(4)28(36)40-26/h21-26,32,37-38H,13-20H2,1-12H3/t21-,22-,23-,24-,25-,26-,29-,30?,31-/m1/s1. The molecule has 9 atom stereocenters. The summed E-state index contributed by atoms with van der Waals surface area (Å²) in [6, 6.07) is -0.447. The summed E-state index contributed by atoms with van der Waals surface area (Å²) in [6.07, 6.45) is 1.06. The van der Waals surface area contributed by atoms with E-state index < -0.39 is 46.8 Å². The lowest BCUT2D eigenvalue weighted by molar-refractivity contribution is -0.221. The van der Waals surface area contributed by atoms with Gasteiger partial charge in [0.2, 0.25) is 0 Å². The van der Waals surface area contributed by atoms with Crippen molar-refractivity contribution in [3.8, 4) is 0 Å². The molecule has 1 aliphatic heterocycles. The molecule has 1 rings (SSSR count). The fourth-order valence-electron chi connectivity index (χ4n) is 6.09. The molecule has 1 saturated heterocycles. The van der Waals surface area contributed by atoms with Gasteiger partial charge in [-0.05, 0) is 99.9 Å². The fourth-order valence-corrected chi connectivity index (χ4v) is 6.09. The van der Waals surface area contributed by atoms with E-state index in [2.05, 4.69) is 38.2 Å². The van der Waals surface area contributed by atoms with E-state index in [-0.39, 0.29) is 17.6 Å². The third kappa shape index (κ3) is 9.20. The lowest BCUT2D eigenvalue weighted by Crippen LogP contribution is -2.66. The number of hydrogen-bond acceptors (Lipinski definition) is 9. The first-order chi connectivity index (χ1) is 18.3. The van der Waals surface area contributed by atoms with Crippen molar-refractivity contribution in [3.05, 3.63) is 0 Å². The van der Waals surface area contributed by atoms with Crippen LogP contribution in [0.15, 0.2) is 0 Å². The summed E-state index contributed by atoms with van der Waals surface area (Å²) in [6.45, 7) is 20.3. The van der Waals surface area contributed by atoms with Crippen molar-refractivity contribution in [3.63, 3.8) is 0 Å². The van der Waals surface area contributed by atoms with E-state index in [9.17, 15) is 19.8 Å². The minimum absolute atomic E-state index is 0.160. The Labute approximate surface area is 244 Å². The summed E-state index contributed by atoms with van der Waals surface area (Å²) in [7, 11) is 6.06. The molecule has 9 heteroatoms. The van der Waals surface area contributed by atoms with Gasteiger partial charge in [-0.2, -0.15) is 0 Å². The molecule has 0 aromatic carbocycles. The predicted octanol–water partition coefficient (Wildman–Crippen LogP) is 2.96. The maximum atomic E-state index is 13.6. The number of nitrogens with zero attached hydrogens (tertiary/aromatic N) is 2. The number of ketones is 1. The molecular weight excluding hydrogens is 510 g/mol. The van der Waals surface area contributed by atoms with E-state index in [1.165, 1.54) is 6.92 Å². The number of nitrogens with one attached hydrogen (secondary N) is 1. The van der Waals surface area contributed by atoms with E-state index in [1.54, 1.807) is 20.8 Å². The van der Waals surface area contributed by atoms with E-state index in [0.29, 0.717) is 32.5 Å². The number of aliphatic hydroxyl groups is 2. The Balaban J connectivity index is 3.30. The highest BCUT2D eigenvalue weighted by atomic mass is 16.6. The van der Waals surface area contributed by atoms with Crippen LogP contribution in [-0.4, -0.2) is 115 Å². The van der Waals surface area contributed by atoms with Crippen LogP contribution in [0, 0.1) is 23.7 Å². The number of rotatable bonds is 9. The zero-order valence-electron chi connectivity index (χ0n) is 27.5. The average Bonchev–Trinajstić information content (AvgIpc) is 2.87. The number of Topliss-reactive ketones (excluding diaryl/α,β-unsaturated/α-hetero) is 1. The Hall–Kier alpha value is -1.10. The molecule has 1 aliphatic rings. The minimum Gasteiger partial charge on any atom is -0.459 e. The summed E-state index contributed by atoms with van der Waals surface area (Å²) < 4.78 is 12.3. The largest absolute Gasteiger partial charge is 0.459 e. The fraction of sp³-hybridized carbons (Fsp3) is 0.935. The molecule has 0 amide bonds. The third-order valence-electron chi connectivity index (χ3n) is 9.72. The number of cyclic esters (lactones) is 1. The highest BCUT2D eigenvalue weighted by Crippen LogP contribution is 2.38. The van der Waals surface area contributed by atoms with Crippen molar-refractivity contribution in [2.45, 2.75) is 111 Å². The molecule has 0 spiro atoms. The van der Waals surface area contributed by atoms with Gasteiger partial charge in [-0.3, -0.25) is 9.59 Å². The van der Waals surface area contributed by atoms with Gasteiger partial charge >= 0.3 is 5.97 Å². The predicted molar refractivity (Wildman–Crippen MR) is 160 cm³/mol. The molecule has 0 radical (unpaired) electrons. The zero-order valence-corrected chi connectivity index (χ0v) is 27.5. The number of carbonyl (C=O) groups excluding carboxylic acids is 2. The van der Waals surface area contributed by atoms with Crippen molar-refractivity contribution in [2.75, 3.05) is 53.9 Å². The number of hydrogen-bond donors (Lipinski definition) is 3. The van der Waals surface area contributed by atoms with Crippen LogP contribution in [-0.2, 0) is 19.1 Å². The van der Waals surface area contributed by atoms with Crippen LogP contribution in [0.1, 0.15) is 81.6 Å². The Bertz CT molecular complexity index is 804. The molecule has 3 N–H and O–H groups in total. The Kier molecular flexibility index (Phi) is 14.2. The molecule has 0 aliphatic carbocycles. The first-order valence-electron chi connectivity index (χ1n) is 15.2. The summed E-state index contributed by atoms with van der Waals surface area (Å²) in [5.41, 5.74) is -3.96. The molecule has 1 unspecified atom stereocenters. The summed E-state index contributed by atoms with van der Waals surface area (Å²) in [5.74, 6) is -2.33. The zero-order chi connectivity index (χ0) is 31.1. The van der Waals surface area contributed by atoms with Crippen LogP contribution in [0.25, 0.3) is 0 Å². The molecule has 0 aromatic heterocycles. The van der Waals surface area contributed by atoms with Crippen molar-refractivity contribution < 1.29 is 29.3 Å². The number of likely N-dealkylation sites (N-methyl/N-ethyl adjacent to an activating group) is 1. The van der Waals surface area contributed by atoms with Crippen LogP contribution in [0.5, 0.6) is 0 Å². The average molecular weight is 572 g/mol. The molecule has 0 bridgehead atoms. The van der Waals surface area contributed by atoms with Crippen molar-refractivity contribution >= 4 is 11.8 Å². The van der Waals surface area contributed by atoms with Crippen molar-refractivity contribution in [1.29, 1.82) is 0 Å². The van der Waals surface area contributed by atoms with Gasteiger partial charge in [0.1, 0.15) is 29.0 Å². The summed E-state index contributed by atoms with van der Waals surface area (Å²) >= 11 is 0.